The number of benzene rings is 1. The largest absolute Gasteiger partial charge is 0.444 e. The Morgan fingerprint density at radius 1 is 1.30 bits per heavy atom. The summed E-state index contributed by atoms with van der Waals surface area (Å²) < 4.78 is 5.20. The van der Waals surface area contributed by atoms with Gasteiger partial charge in [0.1, 0.15) is 5.60 Å². The molecule has 0 unspecified atom stereocenters. The Bertz CT molecular complexity index is 597. The van der Waals surface area contributed by atoms with Crippen LogP contribution in [-0.4, -0.2) is 23.2 Å². The maximum absolute atomic E-state index is 11.6. The molecule has 20 heavy (non-hydrogen) atoms. The third-order valence-corrected chi connectivity index (χ3v) is 2.83. The number of amides is 1. The molecule has 0 fully saturated rings. The molecule has 0 radical (unpaired) electrons. The van der Waals surface area contributed by atoms with Crippen LogP contribution in [0.5, 0.6) is 0 Å². The van der Waals surface area contributed by atoms with Crippen molar-refractivity contribution < 1.29 is 9.53 Å². The zero-order valence-electron chi connectivity index (χ0n) is 12.1. The molecule has 1 amide bonds. The van der Waals surface area contributed by atoms with Crippen LogP contribution in [0.4, 0.5) is 4.79 Å². The fraction of sp³-hybridized carbons (Fsp3) is 0.375. The van der Waals surface area contributed by atoms with Crippen LogP contribution in [0.3, 0.4) is 0 Å². The van der Waals surface area contributed by atoms with Gasteiger partial charge in [0.2, 0.25) is 0 Å². The predicted molar refractivity (Wildman–Crippen MR) is 79.7 cm³/mol. The van der Waals surface area contributed by atoms with Gasteiger partial charge in [-0.05, 0) is 44.2 Å². The normalized spacial score (nSPS) is 11.3. The Morgan fingerprint density at radius 3 is 2.85 bits per heavy atom. The van der Waals surface area contributed by atoms with E-state index in [1.807, 2.05) is 45.2 Å². The van der Waals surface area contributed by atoms with Crippen LogP contribution in [-0.2, 0) is 11.2 Å². The zero-order chi connectivity index (χ0) is 14.6. The minimum atomic E-state index is -0.463. The summed E-state index contributed by atoms with van der Waals surface area (Å²) in [5.74, 6) is 0. The molecule has 1 heterocycles. The Labute approximate surface area is 119 Å². The molecule has 0 spiro atoms. The van der Waals surface area contributed by atoms with E-state index in [2.05, 4.69) is 16.4 Å². The number of carbonyl (C=O) groups is 1. The molecule has 2 rings (SSSR count). The van der Waals surface area contributed by atoms with Crippen molar-refractivity contribution in [2.45, 2.75) is 32.8 Å². The van der Waals surface area contributed by atoms with Gasteiger partial charge in [0.25, 0.3) is 0 Å². The van der Waals surface area contributed by atoms with E-state index in [4.69, 9.17) is 4.74 Å². The van der Waals surface area contributed by atoms with E-state index in [1.165, 1.54) is 10.9 Å². The van der Waals surface area contributed by atoms with Crippen LogP contribution in [0, 0.1) is 0 Å². The lowest BCUT2D eigenvalue weighted by molar-refractivity contribution is 0.0528. The number of nitrogens with zero attached hydrogens (tertiary/aromatic N) is 1. The molecule has 0 bridgehead atoms. The second-order valence-electron chi connectivity index (χ2n) is 5.69. The number of aromatic nitrogens is 1. The van der Waals surface area contributed by atoms with Crippen LogP contribution >= 0.6 is 0 Å². The summed E-state index contributed by atoms with van der Waals surface area (Å²) in [6.07, 6.45) is 4.02. The Kier molecular flexibility index (Phi) is 4.23. The van der Waals surface area contributed by atoms with Gasteiger partial charge in [-0.2, -0.15) is 0 Å². The molecule has 4 nitrogen and oxygen atoms in total. The topological polar surface area (TPSA) is 51.2 Å². The van der Waals surface area contributed by atoms with Gasteiger partial charge in [0.15, 0.2) is 0 Å². The molecule has 0 aliphatic carbocycles. The minimum Gasteiger partial charge on any atom is -0.444 e. The van der Waals surface area contributed by atoms with Crippen molar-refractivity contribution in [2.24, 2.45) is 0 Å². The maximum atomic E-state index is 11.6. The average Bonchev–Trinajstić information content (AvgIpc) is 2.37. The first kappa shape index (κ1) is 14.3. The number of hydrogen-bond donors (Lipinski definition) is 1. The fourth-order valence-electron chi connectivity index (χ4n) is 2.02. The highest BCUT2D eigenvalue weighted by Crippen LogP contribution is 2.17. The molecule has 106 valence electrons. The number of pyridine rings is 1. The van der Waals surface area contributed by atoms with Crippen molar-refractivity contribution in [3.63, 3.8) is 0 Å². The molecule has 1 aromatic carbocycles. The van der Waals surface area contributed by atoms with Gasteiger partial charge in [0.05, 0.1) is 0 Å². The van der Waals surface area contributed by atoms with Crippen molar-refractivity contribution >= 4 is 16.9 Å². The van der Waals surface area contributed by atoms with Crippen molar-refractivity contribution in [3.05, 3.63) is 42.2 Å². The molecule has 0 saturated heterocycles. The van der Waals surface area contributed by atoms with E-state index in [9.17, 15) is 4.79 Å². The molecule has 2 aromatic rings. The quantitative estimate of drug-likeness (QED) is 0.932. The fourth-order valence-corrected chi connectivity index (χ4v) is 2.02. The lowest BCUT2D eigenvalue weighted by Gasteiger charge is -2.19. The standard InChI is InChI=1S/C16H20N2O2/c1-16(2,3)20-15(19)18-10-7-12-5-4-6-13-11-17-9-8-14(12)13/h4-6,8-9,11H,7,10H2,1-3H3,(H,18,19). The highest BCUT2D eigenvalue weighted by atomic mass is 16.6. The van der Waals surface area contributed by atoms with Crippen LogP contribution in [0.15, 0.2) is 36.7 Å². The Morgan fingerprint density at radius 2 is 2.10 bits per heavy atom. The Balaban J connectivity index is 1.95. The number of nitrogens with one attached hydrogen (secondary N) is 1. The summed E-state index contributed by atoms with van der Waals surface area (Å²) in [6, 6.07) is 8.11. The van der Waals surface area contributed by atoms with Gasteiger partial charge < -0.3 is 10.1 Å². The second kappa shape index (κ2) is 5.90. The van der Waals surface area contributed by atoms with E-state index >= 15 is 0 Å². The first-order chi connectivity index (χ1) is 9.46. The minimum absolute atomic E-state index is 0.376. The average molecular weight is 272 g/mol. The zero-order valence-corrected chi connectivity index (χ0v) is 12.1. The monoisotopic (exact) mass is 272 g/mol. The summed E-state index contributed by atoms with van der Waals surface area (Å²) in [4.78, 5) is 15.7. The molecule has 0 saturated carbocycles. The number of carbonyl (C=O) groups excluding carboxylic acids is 1. The molecule has 4 heteroatoms. The molecule has 1 N–H and O–H groups in total. The highest BCUT2D eigenvalue weighted by molar-refractivity contribution is 5.84. The highest BCUT2D eigenvalue weighted by Gasteiger charge is 2.15. The van der Waals surface area contributed by atoms with Gasteiger partial charge in [-0.15, -0.1) is 0 Å². The lowest BCUT2D eigenvalue weighted by Crippen LogP contribution is -2.33. The molecular weight excluding hydrogens is 252 g/mol. The molecule has 0 aliphatic rings. The van der Waals surface area contributed by atoms with Crippen molar-refractivity contribution in [1.29, 1.82) is 0 Å². The molecule has 0 aliphatic heterocycles. The summed E-state index contributed by atoms with van der Waals surface area (Å²) >= 11 is 0. The number of rotatable bonds is 3. The van der Waals surface area contributed by atoms with E-state index in [1.54, 1.807) is 6.20 Å². The van der Waals surface area contributed by atoms with E-state index in [-0.39, 0.29) is 6.09 Å². The van der Waals surface area contributed by atoms with E-state index in [0.717, 1.165) is 11.8 Å². The lowest BCUT2D eigenvalue weighted by atomic mass is 10.0. The van der Waals surface area contributed by atoms with Crippen molar-refractivity contribution in [1.82, 2.24) is 10.3 Å². The van der Waals surface area contributed by atoms with Crippen LogP contribution < -0.4 is 5.32 Å². The third-order valence-electron chi connectivity index (χ3n) is 2.83. The number of ether oxygens (including phenoxy) is 1. The van der Waals surface area contributed by atoms with E-state index in [0.29, 0.717) is 6.54 Å². The third kappa shape index (κ3) is 3.95. The van der Waals surface area contributed by atoms with Gasteiger partial charge in [-0.1, -0.05) is 18.2 Å². The van der Waals surface area contributed by atoms with Gasteiger partial charge in [-0.3, -0.25) is 4.98 Å². The van der Waals surface area contributed by atoms with Crippen LogP contribution in [0.25, 0.3) is 10.8 Å². The first-order valence-corrected chi connectivity index (χ1v) is 6.74. The first-order valence-electron chi connectivity index (χ1n) is 6.74. The summed E-state index contributed by atoms with van der Waals surface area (Å²) in [5.41, 5.74) is 0.732. The van der Waals surface area contributed by atoms with Gasteiger partial charge >= 0.3 is 6.09 Å². The molecular formula is C16H20N2O2. The molecule has 1 aromatic heterocycles. The summed E-state index contributed by atoms with van der Waals surface area (Å²) in [5, 5.41) is 5.06. The Hall–Kier alpha value is -2.10. The maximum Gasteiger partial charge on any atom is 0.407 e. The second-order valence-corrected chi connectivity index (χ2v) is 5.69. The smallest absolute Gasteiger partial charge is 0.407 e. The summed E-state index contributed by atoms with van der Waals surface area (Å²) in [7, 11) is 0. The number of alkyl carbamates (subject to hydrolysis) is 1. The van der Waals surface area contributed by atoms with Crippen molar-refractivity contribution in [2.75, 3.05) is 6.54 Å². The van der Waals surface area contributed by atoms with Gasteiger partial charge in [-0.25, -0.2) is 4.79 Å². The number of hydrogen-bond acceptors (Lipinski definition) is 3. The van der Waals surface area contributed by atoms with Gasteiger partial charge in [0, 0.05) is 24.3 Å². The SMILES string of the molecule is CC(C)(C)OC(=O)NCCc1cccc2cnccc12. The molecule has 0 atom stereocenters. The van der Waals surface area contributed by atoms with Crippen LogP contribution in [0.1, 0.15) is 26.3 Å². The predicted octanol–water partition coefficient (Wildman–Crippen LogP) is 3.30. The number of fused-ring (bicyclic) bond motifs is 1. The van der Waals surface area contributed by atoms with Crippen molar-refractivity contribution in [3.8, 4) is 0 Å². The summed E-state index contributed by atoms with van der Waals surface area (Å²) in [6.45, 7) is 6.11. The van der Waals surface area contributed by atoms with Crippen LogP contribution in [0.2, 0.25) is 0 Å². The van der Waals surface area contributed by atoms with E-state index < -0.39 is 5.60 Å².